The van der Waals surface area contributed by atoms with Gasteiger partial charge >= 0.3 is 0 Å². The van der Waals surface area contributed by atoms with Crippen molar-refractivity contribution in [1.82, 2.24) is 4.90 Å². The second-order valence-electron chi connectivity index (χ2n) is 4.85. The predicted octanol–water partition coefficient (Wildman–Crippen LogP) is 2.36. The van der Waals surface area contributed by atoms with Gasteiger partial charge in [0.2, 0.25) is 0 Å². The molecule has 0 aliphatic carbocycles. The van der Waals surface area contributed by atoms with Crippen LogP contribution >= 0.6 is 0 Å². The van der Waals surface area contributed by atoms with Crippen molar-refractivity contribution in [2.75, 3.05) is 18.8 Å². The largest absolute Gasteiger partial charge is 0.398 e. The van der Waals surface area contributed by atoms with E-state index in [1.165, 1.54) is 18.7 Å². The van der Waals surface area contributed by atoms with E-state index in [-0.39, 0.29) is 0 Å². The second kappa shape index (κ2) is 4.23. The summed E-state index contributed by atoms with van der Waals surface area (Å²) in [6.07, 6.45) is 0. The molecule has 2 N–H and O–H groups in total. The summed E-state index contributed by atoms with van der Waals surface area (Å²) in [5.41, 5.74) is 8.13. The second-order valence-corrected chi connectivity index (χ2v) is 4.85. The van der Waals surface area contributed by atoms with Gasteiger partial charge in [-0.05, 0) is 23.5 Å². The SMILES string of the molecule is CC1CN(Cc2ccccc2N)CC1C. The molecule has 15 heavy (non-hydrogen) atoms. The lowest BCUT2D eigenvalue weighted by molar-refractivity contribution is 0.316. The van der Waals surface area contributed by atoms with Crippen LogP contribution < -0.4 is 5.73 Å². The molecule has 0 amide bonds. The Morgan fingerprint density at radius 3 is 2.40 bits per heavy atom. The van der Waals surface area contributed by atoms with E-state index in [9.17, 15) is 0 Å². The molecular formula is C13H20N2. The van der Waals surface area contributed by atoms with E-state index in [4.69, 9.17) is 5.73 Å². The van der Waals surface area contributed by atoms with Crippen LogP contribution in [0.5, 0.6) is 0 Å². The maximum Gasteiger partial charge on any atom is 0.0359 e. The highest BCUT2D eigenvalue weighted by atomic mass is 15.1. The number of nitrogens with two attached hydrogens (primary N) is 1. The number of likely N-dealkylation sites (tertiary alicyclic amines) is 1. The summed E-state index contributed by atoms with van der Waals surface area (Å²) in [5.74, 6) is 1.63. The summed E-state index contributed by atoms with van der Waals surface area (Å²) in [6.45, 7) is 8.07. The molecule has 1 aromatic carbocycles. The lowest BCUT2D eigenvalue weighted by atomic mass is 10.0. The molecule has 1 heterocycles. The molecule has 0 spiro atoms. The van der Waals surface area contributed by atoms with Gasteiger partial charge in [0.05, 0.1) is 0 Å². The Hall–Kier alpha value is -1.02. The summed E-state index contributed by atoms with van der Waals surface area (Å²) in [4.78, 5) is 2.50. The molecule has 2 nitrogen and oxygen atoms in total. The van der Waals surface area contributed by atoms with E-state index in [2.05, 4.69) is 30.9 Å². The zero-order chi connectivity index (χ0) is 10.8. The van der Waals surface area contributed by atoms with Crippen LogP contribution in [0, 0.1) is 11.8 Å². The Labute approximate surface area is 92.1 Å². The molecule has 1 aromatic rings. The normalized spacial score (nSPS) is 27.1. The van der Waals surface area contributed by atoms with Crippen molar-refractivity contribution < 1.29 is 0 Å². The molecule has 82 valence electrons. The summed E-state index contributed by atoms with van der Waals surface area (Å²) >= 11 is 0. The molecule has 1 aliphatic rings. The van der Waals surface area contributed by atoms with Gasteiger partial charge in [0.15, 0.2) is 0 Å². The minimum atomic E-state index is 0.815. The molecule has 2 atom stereocenters. The molecule has 0 aromatic heterocycles. The Morgan fingerprint density at radius 1 is 1.20 bits per heavy atom. The molecule has 1 aliphatic heterocycles. The van der Waals surface area contributed by atoms with E-state index in [0.29, 0.717) is 0 Å². The van der Waals surface area contributed by atoms with Crippen molar-refractivity contribution in [3.8, 4) is 0 Å². The zero-order valence-corrected chi connectivity index (χ0v) is 9.61. The van der Waals surface area contributed by atoms with Crippen LogP contribution in [-0.2, 0) is 6.54 Å². The van der Waals surface area contributed by atoms with Gasteiger partial charge in [0, 0.05) is 25.3 Å². The number of para-hydroxylation sites is 1. The standard InChI is InChI=1S/C13H20N2/c1-10-7-15(8-11(10)2)9-12-5-3-4-6-13(12)14/h3-6,10-11H,7-9,14H2,1-2H3. The zero-order valence-electron chi connectivity index (χ0n) is 9.61. The number of anilines is 1. The smallest absolute Gasteiger partial charge is 0.0359 e. The van der Waals surface area contributed by atoms with Crippen LogP contribution in [0.2, 0.25) is 0 Å². The van der Waals surface area contributed by atoms with Crippen molar-refractivity contribution in [2.45, 2.75) is 20.4 Å². The maximum absolute atomic E-state index is 5.94. The predicted molar refractivity (Wildman–Crippen MR) is 64.5 cm³/mol. The van der Waals surface area contributed by atoms with Crippen LogP contribution in [-0.4, -0.2) is 18.0 Å². The number of nitrogens with zero attached hydrogens (tertiary/aromatic N) is 1. The van der Waals surface area contributed by atoms with Crippen molar-refractivity contribution in [2.24, 2.45) is 11.8 Å². The number of nitrogen functional groups attached to an aromatic ring is 1. The van der Waals surface area contributed by atoms with Crippen LogP contribution in [0.25, 0.3) is 0 Å². The van der Waals surface area contributed by atoms with Gasteiger partial charge < -0.3 is 5.73 Å². The van der Waals surface area contributed by atoms with Crippen LogP contribution in [0.4, 0.5) is 5.69 Å². The molecule has 1 fully saturated rings. The average molecular weight is 204 g/mol. The number of benzene rings is 1. The topological polar surface area (TPSA) is 29.3 Å². The van der Waals surface area contributed by atoms with Crippen LogP contribution in [0.15, 0.2) is 24.3 Å². The first-order valence-corrected chi connectivity index (χ1v) is 5.72. The monoisotopic (exact) mass is 204 g/mol. The summed E-state index contributed by atoms with van der Waals surface area (Å²) < 4.78 is 0. The van der Waals surface area contributed by atoms with Gasteiger partial charge in [-0.25, -0.2) is 0 Å². The van der Waals surface area contributed by atoms with E-state index in [0.717, 1.165) is 24.1 Å². The summed E-state index contributed by atoms with van der Waals surface area (Å²) in [7, 11) is 0. The first-order chi connectivity index (χ1) is 7.16. The highest BCUT2D eigenvalue weighted by molar-refractivity contribution is 5.46. The van der Waals surface area contributed by atoms with Gasteiger partial charge in [0.1, 0.15) is 0 Å². The molecule has 0 radical (unpaired) electrons. The Kier molecular flexibility index (Phi) is 2.96. The maximum atomic E-state index is 5.94. The highest BCUT2D eigenvalue weighted by Crippen LogP contribution is 2.24. The third-order valence-corrected chi connectivity index (χ3v) is 3.51. The molecule has 0 saturated carbocycles. The van der Waals surface area contributed by atoms with Crippen molar-refractivity contribution >= 4 is 5.69 Å². The average Bonchev–Trinajstić information content (AvgIpc) is 2.50. The van der Waals surface area contributed by atoms with Gasteiger partial charge in [-0.1, -0.05) is 32.0 Å². The Balaban J connectivity index is 2.01. The summed E-state index contributed by atoms with van der Waals surface area (Å²) in [6, 6.07) is 8.17. The van der Waals surface area contributed by atoms with E-state index >= 15 is 0 Å². The number of hydrogen-bond donors (Lipinski definition) is 1. The molecule has 2 unspecified atom stereocenters. The minimum absolute atomic E-state index is 0.815. The van der Waals surface area contributed by atoms with Gasteiger partial charge in [-0.2, -0.15) is 0 Å². The lowest BCUT2D eigenvalue weighted by Gasteiger charge is -2.16. The quantitative estimate of drug-likeness (QED) is 0.749. The fourth-order valence-corrected chi connectivity index (χ4v) is 2.30. The van der Waals surface area contributed by atoms with Gasteiger partial charge in [0.25, 0.3) is 0 Å². The first kappa shape index (κ1) is 10.5. The molecule has 0 bridgehead atoms. The first-order valence-electron chi connectivity index (χ1n) is 5.72. The Bertz CT molecular complexity index is 325. The fourth-order valence-electron chi connectivity index (χ4n) is 2.30. The van der Waals surface area contributed by atoms with Crippen molar-refractivity contribution in [1.29, 1.82) is 0 Å². The molecule has 2 rings (SSSR count). The van der Waals surface area contributed by atoms with Crippen molar-refractivity contribution in [3.05, 3.63) is 29.8 Å². The van der Waals surface area contributed by atoms with Crippen LogP contribution in [0.1, 0.15) is 19.4 Å². The van der Waals surface area contributed by atoms with E-state index < -0.39 is 0 Å². The highest BCUT2D eigenvalue weighted by Gasteiger charge is 2.25. The van der Waals surface area contributed by atoms with Crippen LogP contribution in [0.3, 0.4) is 0 Å². The fraction of sp³-hybridized carbons (Fsp3) is 0.538. The van der Waals surface area contributed by atoms with E-state index in [1.54, 1.807) is 0 Å². The third-order valence-electron chi connectivity index (χ3n) is 3.51. The minimum Gasteiger partial charge on any atom is -0.398 e. The third kappa shape index (κ3) is 2.32. The van der Waals surface area contributed by atoms with Crippen molar-refractivity contribution in [3.63, 3.8) is 0 Å². The number of hydrogen-bond acceptors (Lipinski definition) is 2. The van der Waals surface area contributed by atoms with E-state index in [1.807, 2.05) is 12.1 Å². The number of rotatable bonds is 2. The molecular weight excluding hydrogens is 184 g/mol. The lowest BCUT2D eigenvalue weighted by Crippen LogP contribution is -2.20. The summed E-state index contributed by atoms with van der Waals surface area (Å²) in [5, 5.41) is 0. The Morgan fingerprint density at radius 2 is 1.80 bits per heavy atom. The molecule has 1 saturated heterocycles. The van der Waals surface area contributed by atoms with Gasteiger partial charge in [-0.15, -0.1) is 0 Å². The van der Waals surface area contributed by atoms with Gasteiger partial charge in [-0.3, -0.25) is 4.90 Å². The molecule has 2 heteroatoms.